The van der Waals surface area contributed by atoms with E-state index in [0.717, 1.165) is 0 Å². The van der Waals surface area contributed by atoms with E-state index in [2.05, 4.69) is 27.5 Å². The summed E-state index contributed by atoms with van der Waals surface area (Å²) in [7, 11) is 0. The van der Waals surface area contributed by atoms with Crippen molar-refractivity contribution in [2.24, 2.45) is 4.99 Å². The summed E-state index contributed by atoms with van der Waals surface area (Å²) in [6, 6.07) is 9.37. The number of anilines is 2. The molecule has 1 heterocycles. The van der Waals surface area contributed by atoms with E-state index in [4.69, 9.17) is 9.47 Å². The van der Waals surface area contributed by atoms with E-state index in [1.165, 1.54) is 19.9 Å². The molecule has 34 heavy (non-hydrogen) atoms. The van der Waals surface area contributed by atoms with Crippen LogP contribution in [0.3, 0.4) is 0 Å². The molecule has 0 aliphatic carbocycles. The highest BCUT2D eigenvalue weighted by molar-refractivity contribution is 5.90. The zero-order valence-corrected chi connectivity index (χ0v) is 19.6. The maximum Gasteiger partial charge on any atom is 0.319 e. The zero-order valence-electron chi connectivity index (χ0n) is 19.6. The summed E-state index contributed by atoms with van der Waals surface area (Å²) in [5.74, 6) is -0.131. The summed E-state index contributed by atoms with van der Waals surface area (Å²) >= 11 is 0. The SMILES string of the molecule is C=C(Nc1ccc(NC(=O)NCCC(C)(C)F)cc1)c1c(F)cc(OC2COC2)cc1N=CC. The predicted octanol–water partition coefficient (Wildman–Crippen LogP) is 5.67. The zero-order chi connectivity index (χ0) is 24.7. The Bertz CT molecular complexity index is 1050. The molecule has 2 aromatic carbocycles. The van der Waals surface area contributed by atoms with Crippen LogP contribution in [0.4, 0.5) is 30.6 Å². The summed E-state index contributed by atoms with van der Waals surface area (Å²) in [5.41, 5.74) is 0.798. The van der Waals surface area contributed by atoms with Crippen LogP contribution in [0.25, 0.3) is 5.70 Å². The number of benzene rings is 2. The summed E-state index contributed by atoms with van der Waals surface area (Å²) in [4.78, 5) is 16.2. The van der Waals surface area contributed by atoms with E-state index < -0.39 is 17.5 Å². The van der Waals surface area contributed by atoms with Crippen LogP contribution in [0.15, 0.2) is 48.0 Å². The van der Waals surface area contributed by atoms with Crippen LogP contribution in [0.2, 0.25) is 0 Å². The Balaban J connectivity index is 1.63. The Morgan fingerprint density at radius 3 is 2.44 bits per heavy atom. The molecule has 0 bridgehead atoms. The molecule has 0 unspecified atom stereocenters. The van der Waals surface area contributed by atoms with Crippen molar-refractivity contribution in [3.05, 3.63) is 54.4 Å². The van der Waals surface area contributed by atoms with Gasteiger partial charge in [-0.1, -0.05) is 6.58 Å². The number of rotatable bonds is 10. The first-order chi connectivity index (χ1) is 16.1. The molecule has 2 aromatic rings. The van der Waals surface area contributed by atoms with E-state index in [0.29, 0.717) is 41.7 Å². The lowest BCUT2D eigenvalue weighted by Crippen LogP contribution is -2.38. The van der Waals surface area contributed by atoms with Crippen molar-refractivity contribution in [2.75, 3.05) is 30.4 Å². The third-order valence-corrected chi connectivity index (χ3v) is 4.97. The molecule has 1 aliphatic rings. The number of carbonyl (C=O) groups excluding carboxylic acids is 1. The highest BCUT2D eigenvalue weighted by atomic mass is 19.1. The number of urea groups is 1. The van der Waals surface area contributed by atoms with Gasteiger partial charge in [0.1, 0.15) is 23.3 Å². The van der Waals surface area contributed by atoms with Crippen LogP contribution < -0.4 is 20.7 Å². The van der Waals surface area contributed by atoms with Gasteiger partial charge >= 0.3 is 6.03 Å². The highest BCUT2D eigenvalue weighted by Gasteiger charge is 2.22. The molecule has 1 saturated heterocycles. The molecule has 7 nitrogen and oxygen atoms in total. The first kappa shape index (κ1) is 25.2. The molecular weight excluding hydrogens is 442 g/mol. The maximum absolute atomic E-state index is 15.0. The monoisotopic (exact) mass is 472 g/mol. The Labute approximate surface area is 198 Å². The van der Waals surface area contributed by atoms with E-state index in [-0.39, 0.29) is 24.6 Å². The van der Waals surface area contributed by atoms with E-state index in [1.807, 2.05) is 0 Å². The predicted molar refractivity (Wildman–Crippen MR) is 131 cm³/mol. The number of amides is 2. The number of nitrogens with zero attached hydrogens (tertiary/aromatic N) is 1. The fourth-order valence-corrected chi connectivity index (χ4v) is 3.17. The van der Waals surface area contributed by atoms with Crippen molar-refractivity contribution < 1.29 is 23.0 Å². The first-order valence-electron chi connectivity index (χ1n) is 11.0. The second-order valence-electron chi connectivity index (χ2n) is 8.49. The molecular formula is C25H30F2N4O3. The quantitative estimate of drug-likeness (QED) is 0.389. The molecule has 182 valence electrons. The smallest absolute Gasteiger partial charge is 0.319 e. The lowest BCUT2D eigenvalue weighted by atomic mass is 10.1. The van der Waals surface area contributed by atoms with Crippen LogP contribution in [-0.4, -0.2) is 43.8 Å². The minimum Gasteiger partial charge on any atom is -0.485 e. The number of ether oxygens (including phenoxy) is 2. The fraction of sp³-hybridized carbons (Fsp3) is 0.360. The summed E-state index contributed by atoms with van der Waals surface area (Å²) in [5, 5.41) is 8.37. The van der Waals surface area contributed by atoms with Crippen molar-refractivity contribution in [3.8, 4) is 5.75 Å². The average molecular weight is 473 g/mol. The largest absolute Gasteiger partial charge is 0.485 e. The Morgan fingerprint density at radius 1 is 1.24 bits per heavy atom. The number of hydrogen-bond donors (Lipinski definition) is 3. The topological polar surface area (TPSA) is 84.0 Å². The molecule has 0 aromatic heterocycles. The van der Waals surface area contributed by atoms with E-state index in [1.54, 1.807) is 43.5 Å². The van der Waals surface area contributed by atoms with Gasteiger partial charge in [-0.2, -0.15) is 0 Å². The third kappa shape index (κ3) is 7.28. The van der Waals surface area contributed by atoms with Gasteiger partial charge in [0.2, 0.25) is 0 Å². The molecule has 3 rings (SSSR count). The van der Waals surface area contributed by atoms with Crippen LogP contribution in [0.1, 0.15) is 32.8 Å². The average Bonchev–Trinajstić information content (AvgIpc) is 2.71. The molecule has 0 atom stereocenters. The molecule has 0 radical (unpaired) electrons. The minimum absolute atomic E-state index is 0.0882. The number of aliphatic imine (C=N–C) groups is 1. The van der Waals surface area contributed by atoms with Crippen molar-refractivity contribution in [1.29, 1.82) is 0 Å². The van der Waals surface area contributed by atoms with Gasteiger partial charge in [0.15, 0.2) is 0 Å². The molecule has 0 saturated carbocycles. The van der Waals surface area contributed by atoms with Gasteiger partial charge in [-0.3, -0.25) is 4.99 Å². The number of halogens is 2. The Hall–Kier alpha value is -3.46. The second-order valence-corrected chi connectivity index (χ2v) is 8.49. The van der Waals surface area contributed by atoms with E-state index in [9.17, 15) is 13.6 Å². The van der Waals surface area contributed by atoms with Crippen LogP contribution in [0, 0.1) is 5.82 Å². The first-order valence-corrected chi connectivity index (χ1v) is 11.0. The molecule has 9 heteroatoms. The van der Waals surface area contributed by atoms with Gasteiger partial charge in [0.25, 0.3) is 0 Å². The summed E-state index contributed by atoms with van der Waals surface area (Å²) in [6.07, 6.45) is 1.70. The van der Waals surface area contributed by atoms with E-state index >= 15 is 0 Å². The molecule has 0 spiro atoms. The molecule has 1 aliphatic heterocycles. The number of alkyl halides is 1. The van der Waals surface area contributed by atoms with Gasteiger partial charge < -0.3 is 25.4 Å². The third-order valence-electron chi connectivity index (χ3n) is 4.97. The van der Waals surface area contributed by atoms with Gasteiger partial charge in [0, 0.05) is 42.0 Å². The Kier molecular flexibility index (Phi) is 8.22. The lowest BCUT2D eigenvalue weighted by molar-refractivity contribution is -0.0797. The van der Waals surface area contributed by atoms with Crippen molar-refractivity contribution in [3.63, 3.8) is 0 Å². The maximum atomic E-state index is 15.0. The number of hydrogen-bond acceptors (Lipinski definition) is 5. The molecule has 1 fully saturated rings. The number of carbonyl (C=O) groups is 1. The van der Waals surface area contributed by atoms with Crippen LogP contribution >= 0.6 is 0 Å². The fourth-order valence-electron chi connectivity index (χ4n) is 3.17. The van der Waals surface area contributed by atoms with Gasteiger partial charge in [-0.05, 0) is 51.5 Å². The highest BCUT2D eigenvalue weighted by Crippen LogP contribution is 2.34. The molecule has 3 N–H and O–H groups in total. The van der Waals surface area contributed by atoms with Gasteiger partial charge in [0.05, 0.1) is 24.5 Å². The Morgan fingerprint density at radius 2 is 1.88 bits per heavy atom. The lowest BCUT2D eigenvalue weighted by Gasteiger charge is -2.27. The second kappa shape index (κ2) is 11.1. The summed E-state index contributed by atoms with van der Waals surface area (Å²) < 4.78 is 39.3. The van der Waals surface area contributed by atoms with Gasteiger partial charge in [-0.25, -0.2) is 13.6 Å². The van der Waals surface area contributed by atoms with Crippen molar-refractivity contribution >= 4 is 35.0 Å². The normalized spacial score (nSPS) is 13.9. The number of nitrogens with one attached hydrogen (secondary N) is 3. The minimum atomic E-state index is -1.34. The molecule has 2 amide bonds. The standard InChI is InChI=1S/C25H30F2N4O3/c1-5-28-22-13-19(34-20-14-33-15-20)12-21(26)23(22)16(2)30-17-6-8-18(9-7-17)31-24(32)29-11-10-25(3,4)27/h5-9,12-13,20,30H,2,10-11,14-15H2,1,3-4H3,(H2,29,31,32). The van der Waals surface area contributed by atoms with Crippen LogP contribution in [-0.2, 0) is 4.74 Å². The summed E-state index contributed by atoms with van der Waals surface area (Å²) in [6.45, 7) is 9.81. The van der Waals surface area contributed by atoms with Crippen molar-refractivity contribution in [1.82, 2.24) is 5.32 Å². The van der Waals surface area contributed by atoms with Crippen molar-refractivity contribution in [2.45, 2.75) is 39.0 Å². The van der Waals surface area contributed by atoms with Crippen LogP contribution in [0.5, 0.6) is 5.75 Å². The van der Waals surface area contributed by atoms with Gasteiger partial charge in [-0.15, -0.1) is 0 Å².